The summed E-state index contributed by atoms with van der Waals surface area (Å²) in [6.07, 6.45) is 1.85. The van der Waals surface area contributed by atoms with Gasteiger partial charge in [-0.2, -0.15) is 0 Å². The number of anilines is 2. The molecule has 1 saturated heterocycles. The molecule has 1 aliphatic heterocycles. The SMILES string of the molecule is Cc1c([C@H]2[C@@H](c3ccccn3)NC(=S)N2c2ccc(N(C)C)cc2)c(C)n(-c2ccccc2)c1C. The zero-order valence-corrected chi connectivity index (χ0v) is 21.7. The van der Waals surface area contributed by atoms with E-state index in [1.165, 1.54) is 28.2 Å². The van der Waals surface area contributed by atoms with E-state index in [1.54, 1.807) is 0 Å². The molecule has 1 aliphatic rings. The van der Waals surface area contributed by atoms with Gasteiger partial charge in [-0.05, 0) is 87.1 Å². The molecule has 5 nitrogen and oxygen atoms in total. The summed E-state index contributed by atoms with van der Waals surface area (Å²) in [7, 11) is 4.11. The predicted molar refractivity (Wildman–Crippen MR) is 149 cm³/mol. The monoisotopic (exact) mass is 481 g/mol. The Kier molecular flexibility index (Phi) is 6.07. The van der Waals surface area contributed by atoms with E-state index in [4.69, 9.17) is 17.2 Å². The predicted octanol–water partition coefficient (Wildman–Crippen LogP) is 6.04. The summed E-state index contributed by atoms with van der Waals surface area (Å²) in [6, 6.07) is 25.1. The molecule has 0 amide bonds. The van der Waals surface area contributed by atoms with Crippen molar-refractivity contribution in [2.45, 2.75) is 32.9 Å². The van der Waals surface area contributed by atoms with E-state index < -0.39 is 0 Å². The second kappa shape index (κ2) is 9.19. The lowest BCUT2D eigenvalue weighted by molar-refractivity contribution is 0.563. The minimum atomic E-state index is -0.0688. The maximum atomic E-state index is 5.95. The summed E-state index contributed by atoms with van der Waals surface area (Å²) in [4.78, 5) is 9.09. The van der Waals surface area contributed by atoms with Crippen molar-refractivity contribution in [3.05, 3.63) is 107 Å². The van der Waals surface area contributed by atoms with Gasteiger partial charge in [-0.1, -0.05) is 24.3 Å². The fourth-order valence-electron chi connectivity index (χ4n) is 5.24. The van der Waals surface area contributed by atoms with E-state index in [9.17, 15) is 0 Å². The molecule has 1 fully saturated rings. The number of nitrogens with zero attached hydrogens (tertiary/aromatic N) is 4. The average Bonchev–Trinajstić information content (AvgIpc) is 3.32. The van der Waals surface area contributed by atoms with Crippen LogP contribution >= 0.6 is 12.2 Å². The summed E-state index contributed by atoms with van der Waals surface area (Å²) in [5, 5.41) is 4.32. The van der Waals surface area contributed by atoms with Crippen LogP contribution in [0.5, 0.6) is 0 Å². The molecule has 6 heteroatoms. The molecule has 0 spiro atoms. The smallest absolute Gasteiger partial charge is 0.174 e. The van der Waals surface area contributed by atoms with Crippen molar-refractivity contribution in [3.63, 3.8) is 0 Å². The summed E-state index contributed by atoms with van der Waals surface area (Å²) < 4.78 is 2.36. The van der Waals surface area contributed by atoms with Gasteiger partial charge in [-0.25, -0.2) is 0 Å². The van der Waals surface area contributed by atoms with Gasteiger partial charge in [0.25, 0.3) is 0 Å². The number of aromatic nitrogens is 2. The highest BCUT2D eigenvalue weighted by molar-refractivity contribution is 7.80. The Morgan fingerprint density at radius 1 is 0.829 bits per heavy atom. The molecule has 5 rings (SSSR count). The highest BCUT2D eigenvalue weighted by Gasteiger charge is 2.43. The van der Waals surface area contributed by atoms with Crippen LogP contribution in [-0.4, -0.2) is 28.8 Å². The third-order valence-corrected chi connectivity index (χ3v) is 7.37. The molecule has 2 aromatic carbocycles. The molecule has 3 heterocycles. The topological polar surface area (TPSA) is 36.3 Å². The third-order valence-electron chi connectivity index (χ3n) is 7.06. The zero-order valence-electron chi connectivity index (χ0n) is 20.9. The second-order valence-electron chi connectivity index (χ2n) is 9.29. The van der Waals surface area contributed by atoms with E-state index >= 15 is 0 Å². The van der Waals surface area contributed by atoms with Crippen LogP contribution in [0.4, 0.5) is 11.4 Å². The lowest BCUT2D eigenvalue weighted by Crippen LogP contribution is -2.29. The number of benzene rings is 2. The molecule has 0 radical (unpaired) electrons. The highest BCUT2D eigenvalue weighted by Crippen LogP contribution is 2.45. The van der Waals surface area contributed by atoms with Crippen molar-refractivity contribution < 1.29 is 0 Å². The lowest BCUT2D eigenvalue weighted by Gasteiger charge is -2.29. The number of nitrogens with one attached hydrogen (secondary N) is 1. The minimum absolute atomic E-state index is 0.0359. The van der Waals surface area contributed by atoms with E-state index in [0.717, 1.165) is 17.1 Å². The summed E-state index contributed by atoms with van der Waals surface area (Å²) >= 11 is 5.95. The molecule has 2 atom stereocenters. The van der Waals surface area contributed by atoms with Gasteiger partial charge in [0.15, 0.2) is 5.11 Å². The zero-order chi connectivity index (χ0) is 24.7. The lowest BCUT2D eigenvalue weighted by atomic mass is 9.93. The van der Waals surface area contributed by atoms with Crippen molar-refractivity contribution in [2.75, 3.05) is 23.9 Å². The number of thiocarbonyl (C=S) groups is 1. The van der Waals surface area contributed by atoms with Crippen LogP contribution in [0.1, 0.15) is 40.3 Å². The van der Waals surface area contributed by atoms with Gasteiger partial charge in [-0.15, -0.1) is 0 Å². The first-order valence-corrected chi connectivity index (χ1v) is 12.3. The maximum absolute atomic E-state index is 5.95. The first kappa shape index (κ1) is 23.1. The van der Waals surface area contributed by atoms with E-state index in [2.05, 4.69) is 115 Å². The largest absolute Gasteiger partial charge is 0.378 e. The standard InChI is InChI=1S/C29H31N5S/c1-19-20(2)33(23-11-7-6-8-12-23)21(3)26(19)28-27(25-13-9-10-18-30-25)31-29(35)34(28)24-16-14-22(15-17-24)32(4)5/h6-18,27-28H,1-5H3,(H,31,35)/t27-,28+/m1/s1. The number of rotatable bonds is 5. The first-order chi connectivity index (χ1) is 16.9. The van der Waals surface area contributed by atoms with Crippen molar-refractivity contribution in [1.82, 2.24) is 14.9 Å². The van der Waals surface area contributed by atoms with Crippen LogP contribution in [0.15, 0.2) is 79.0 Å². The molecular formula is C29H31N5S. The Morgan fingerprint density at radius 3 is 2.14 bits per heavy atom. The van der Waals surface area contributed by atoms with Crippen LogP contribution in [0.2, 0.25) is 0 Å². The molecule has 0 unspecified atom stereocenters. The molecule has 0 aliphatic carbocycles. The quantitative estimate of drug-likeness (QED) is 0.352. The number of hydrogen-bond donors (Lipinski definition) is 1. The maximum Gasteiger partial charge on any atom is 0.174 e. The van der Waals surface area contributed by atoms with Crippen molar-refractivity contribution in [2.24, 2.45) is 0 Å². The van der Waals surface area contributed by atoms with Crippen molar-refractivity contribution in [1.29, 1.82) is 0 Å². The normalized spacial score (nSPS) is 17.5. The fourth-order valence-corrected chi connectivity index (χ4v) is 5.59. The van der Waals surface area contributed by atoms with Crippen LogP contribution < -0.4 is 15.1 Å². The summed E-state index contributed by atoms with van der Waals surface area (Å²) in [5.74, 6) is 0. The molecule has 0 saturated carbocycles. The van der Waals surface area contributed by atoms with Gasteiger partial charge in [0.2, 0.25) is 0 Å². The Hall–Kier alpha value is -3.64. The molecular weight excluding hydrogens is 450 g/mol. The number of para-hydroxylation sites is 1. The summed E-state index contributed by atoms with van der Waals surface area (Å²) in [6.45, 7) is 6.64. The Morgan fingerprint density at radius 2 is 1.51 bits per heavy atom. The van der Waals surface area contributed by atoms with E-state index in [1.807, 2.05) is 18.3 Å². The number of hydrogen-bond acceptors (Lipinski definition) is 3. The van der Waals surface area contributed by atoms with Gasteiger partial charge in [-0.3, -0.25) is 4.98 Å². The fraction of sp³-hybridized carbons (Fsp3) is 0.241. The second-order valence-corrected chi connectivity index (χ2v) is 9.67. The average molecular weight is 482 g/mol. The van der Waals surface area contributed by atoms with Gasteiger partial charge in [0, 0.05) is 54.3 Å². The van der Waals surface area contributed by atoms with Gasteiger partial charge >= 0.3 is 0 Å². The van der Waals surface area contributed by atoms with Gasteiger partial charge < -0.3 is 19.7 Å². The molecule has 4 aromatic rings. The Balaban J connectivity index is 1.70. The number of pyridine rings is 1. The Bertz CT molecular complexity index is 1340. The molecule has 0 bridgehead atoms. The first-order valence-electron chi connectivity index (χ1n) is 11.9. The van der Waals surface area contributed by atoms with Crippen molar-refractivity contribution >= 4 is 28.7 Å². The summed E-state index contributed by atoms with van der Waals surface area (Å²) in [5.41, 5.74) is 9.40. The molecule has 2 aromatic heterocycles. The Labute approximate surface area is 213 Å². The van der Waals surface area contributed by atoms with Gasteiger partial charge in [0.1, 0.15) is 0 Å². The van der Waals surface area contributed by atoms with Crippen LogP contribution in [0, 0.1) is 20.8 Å². The molecule has 1 N–H and O–H groups in total. The van der Waals surface area contributed by atoms with Crippen LogP contribution in [-0.2, 0) is 0 Å². The van der Waals surface area contributed by atoms with Gasteiger partial charge in [0.05, 0.1) is 17.8 Å². The highest BCUT2D eigenvalue weighted by atomic mass is 32.1. The molecule has 35 heavy (non-hydrogen) atoms. The minimum Gasteiger partial charge on any atom is -0.378 e. The van der Waals surface area contributed by atoms with E-state index in [-0.39, 0.29) is 12.1 Å². The van der Waals surface area contributed by atoms with Crippen molar-refractivity contribution in [3.8, 4) is 5.69 Å². The molecule has 178 valence electrons. The van der Waals surface area contributed by atoms with Crippen LogP contribution in [0.3, 0.4) is 0 Å². The van der Waals surface area contributed by atoms with Crippen LogP contribution in [0.25, 0.3) is 5.69 Å². The third kappa shape index (κ3) is 3.98. The van der Waals surface area contributed by atoms with E-state index in [0.29, 0.717) is 5.11 Å².